The van der Waals surface area contributed by atoms with Crippen LogP contribution < -0.4 is 5.32 Å². The molecule has 0 saturated carbocycles. The molecule has 1 N–H and O–H groups in total. The van der Waals surface area contributed by atoms with Crippen molar-refractivity contribution in [2.24, 2.45) is 0 Å². The molecule has 3 rings (SSSR count). The second-order valence-corrected chi connectivity index (χ2v) is 5.13. The first-order chi connectivity index (χ1) is 10.7. The summed E-state index contributed by atoms with van der Waals surface area (Å²) in [4.78, 5) is 16.5. The van der Waals surface area contributed by atoms with Gasteiger partial charge in [0.1, 0.15) is 0 Å². The van der Waals surface area contributed by atoms with Crippen LogP contribution in [0.5, 0.6) is 0 Å². The number of amides is 1. The Balaban J connectivity index is 1.82. The highest BCUT2D eigenvalue weighted by atomic mass is 16.3. The maximum atomic E-state index is 12.4. The molecule has 22 heavy (non-hydrogen) atoms. The summed E-state index contributed by atoms with van der Waals surface area (Å²) in [6.07, 6.45) is 6.86. The fourth-order valence-corrected chi connectivity index (χ4v) is 2.35. The maximum absolute atomic E-state index is 12.4. The summed E-state index contributed by atoms with van der Waals surface area (Å²) >= 11 is 0. The Morgan fingerprint density at radius 2 is 2.14 bits per heavy atom. The van der Waals surface area contributed by atoms with Crippen LogP contribution in [0.15, 0.2) is 65.8 Å². The summed E-state index contributed by atoms with van der Waals surface area (Å²) in [5.41, 5.74) is 1.86. The minimum atomic E-state index is -0.212. The molecule has 0 saturated heterocycles. The molecule has 3 aromatic rings. The number of hydrogen-bond acceptors (Lipinski definition) is 3. The zero-order valence-corrected chi connectivity index (χ0v) is 12.3. The van der Waals surface area contributed by atoms with E-state index in [-0.39, 0.29) is 11.9 Å². The van der Waals surface area contributed by atoms with Crippen LogP contribution in [0, 0.1) is 6.92 Å². The van der Waals surface area contributed by atoms with Gasteiger partial charge in [-0.2, -0.15) is 0 Å². The summed E-state index contributed by atoms with van der Waals surface area (Å²) in [5.74, 6) is 0.142. The molecule has 0 aliphatic carbocycles. The highest BCUT2D eigenvalue weighted by Gasteiger charge is 2.19. The second-order valence-electron chi connectivity index (χ2n) is 5.13. The first-order valence-electron chi connectivity index (χ1n) is 7.09. The van der Waals surface area contributed by atoms with Crippen molar-refractivity contribution in [1.29, 1.82) is 0 Å². The summed E-state index contributed by atoms with van der Waals surface area (Å²) in [5, 5.41) is 3.03. The van der Waals surface area contributed by atoms with E-state index in [9.17, 15) is 4.79 Å². The minimum absolute atomic E-state index is 0.160. The van der Waals surface area contributed by atoms with E-state index in [0.29, 0.717) is 12.3 Å². The number of aromatic nitrogens is 2. The quantitative estimate of drug-likeness (QED) is 0.787. The molecule has 0 spiro atoms. The van der Waals surface area contributed by atoms with E-state index in [1.807, 2.05) is 48.0 Å². The van der Waals surface area contributed by atoms with Gasteiger partial charge in [-0.05, 0) is 18.6 Å². The van der Waals surface area contributed by atoms with Crippen LogP contribution >= 0.6 is 0 Å². The van der Waals surface area contributed by atoms with Gasteiger partial charge in [-0.1, -0.05) is 30.3 Å². The van der Waals surface area contributed by atoms with E-state index < -0.39 is 0 Å². The van der Waals surface area contributed by atoms with Crippen LogP contribution in [-0.2, 0) is 6.54 Å². The van der Waals surface area contributed by atoms with Gasteiger partial charge in [-0.3, -0.25) is 4.79 Å². The summed E-state index contributed by atoms with van der Waals surface area (Å²) in [6.45, 7) is 2.46. The predicted octanol–water partition coefficient (Wildman–Crippen LogP) is 2.96. The smallest absolute Gasteiger partial charge is 0.287 e. The van der Waals surface area contributed by atoms with Crippen LogP contribution in [0.4, 0.5) is 0 Å². The van der Waals surface area contributed by atoms with E-state index in [1.165, 1.54) is 6.26 Å². The Morgan fingerprint density at radius 3 is 2.77 bits per heavy atom. The molecule has 1 amide bonds. The average Bonchev–Trinajstić information content (AvgIpc) is 3.19. The van der Waals surface area contributed by atoms with Gasteiger partial charge in [0.15, 0.2) is 5.76 Å². The molecule has 0 bridgehead atoms. The van der Waals surface area contributed by atoms with Crippen LogP contribution in [-0.4, -0.2) is 15.5 Å². The van der Waals surface area contributed by atoms with Crippen molar-refractivity contribution in [3.63, 3.8) is 0 Å². The van der Waals surface area contributed by atoms with Crippen molar-refractivity contribution in [3.8, 4) is 0 Å². The normalized spacial score (nSPS) is 12.0. The highest BCUT2D eigenvalue weighted by molar-refractivity contribution is 5.93. The van der Waals surface area contributed by atoms with Crippen molar-refractivity contribution in [2.45, 2.75) is 19.5 Å². The molecule has 1 aromatic carbocycles. The van der Waals surface area contributed by atoms with Crippen molar-refractivity contribution in [1.82, 2.24) is 14.9 Å². The monoisotopic (exact) mass is 295 g/mol. The molecule has 2 aromatic heterocycles. The zero-order chi connectivity index (χ0) is 15.4. The Hall–Kier alpha value is -2.82. The Bertz CT molecular complexity index is 732. The standard InChI is InChI=1S/C17H17N3O2/c1-13-7-10-22-16(13)17(21)19-15(11-20-9-8-18-12-20)14-5-3-2-4-6-14/h2-10,12,15H,11H2,1H3,(H,19,21)/t15-/m0/s1. The third kappa shape index (κ3) is 3.09. The minimum Gasteiger partial charge on any atom is -0.459 e. The molecular weight excluding hydrogens is 278 g/mol. The van der Waals surface area contributed by atoms with Gasteiger partial charge < -0.3 is 14.3 Å². The highest BCUT2D eigenvalue weighted by Crippen LogP contribution is 2.17. The SMILES string of the molecule is Cc1ccoc1C(=O)N[C@@H](Cn1ccnc1)c1ccccc1. The molecule has 1 atom stereocenters. The fourth-order valence-electron chi connectivity index (χ4n) is 2.35. The predicted molar refractivity (Wildman–Crippen MR) is 82.3 cm³/mol. The summed E-state index contributed by atoms with van der Waals surface area (Å²) in [6, 6.07) is 11.5. The van der Waals surface area contributed by atoms with Crippen LogP contribution in [0.2, 0.25) is 0 Å². The number of furan rings is 1. The third-order valence-electron chi connectivity index (χ3n) is 3.53. The van der Waals surface area contributed by atoms with E-state index >= 15 is 0 Å². The lowest BCUT2D eigenvalue weighted by molar-refractivity contribution is 0.0903. The summed E-state index contributed by atoms with van der Waals surface area (Å²) in [7, 11) is 0. The number of benzene rings is 1. The van der Waals surface area contributed by atoms with Gasteiger partial charge in [0.25, 0.3) is 5.91 Å². The molecule has 5 heteroatoms. The number of nitrogens with zero attached hydrogens (tertiary/aromatic N) is 2. The van der Waals surface area contributed by atoms with Gasteiger partial charge in [0.2, 0.25) is 0 Å². The number of aryl methyl sites for hydroxylation is 1. The number of rotatable bonds is 5. The molecule has 112 valence electrons. The maximum Gasteiger partial charge on any atom is 0.287 e. The topological polar surface area (TPSA) is 60.1 Å². The molecule has 0 aliphatic rings. The van der Waals surface area contributed by atoms with E-state index in [2.05, 4.69) is 10.3 Å². The largest absolute Gasteiger partial charge is 0.459 e. The lowest BCUT2D eigenvalue weighted by Gasteiger charge is -2.19. The van der Waals surface area contributed by atoms with Gasteiger partial charge in [-0.15, -0.1) is 0 Å². The molecule has 0 fully saturated rings. The molecule has 2 heterocycles. The first-order valence-corrected chi connectivity index (χ1v) is 7.09. The molecule has 5 nitrogen and oxygen atoms in total. The molecular formula is C17H17N3O2. The fraction of sp³-hybridized carbons (Fsp3) is 0.176. The molecule has 0 aliphatic heterocycles. The number of nitrogens with one attached hydrogen (secondary N) is 1. The van der Waals surface area contributed by atoms with Crippen molar-refractivity contribution < 1.29 is 9.21 Å². The lowest BCUT2D eigenvalue weighted by Crippen LogP contribution is -2.31. The van der Waals surface area contributed by atoms with Gasteiger partial charge in [0.05, 0.1) is 18.6 Å². The lowest BCUT2D eigenvalue weighted by atomic mass is 10.1. The zero-order valence-electron chi connectivity index (χ0n) is 12.3. The van der Waals surface area contributed by atoms with Gasteiger partial charge in [-0.25, -0.2) is 4.98 Å². The Kier molecular flexibility index (Phi) is 4.05. The number of carbonyl (C=O) groups is 1. The van der Waals surface area contributed by atoms with E-state index in [0.717, 1.165) is 11.1 Å². The van der Waals surface area contributed by atoms with Crippen LogP contribution in [0.25, 0.3) is 0 Å². The van der Waals surface area contributed by atoms with Gasteiger partial charge >= 0.3 is 0 Å². The summed E-state index contributed by atoms with van der Waals surface area (Å²) < 4.78 is 7.20. The van der Waals surface area contributed by atoms with E-state index in [4.69, 9.17) is 4.42 Å². The number of hydrogen-bond donors (Lipinski definition) is 1. The van der Waals surface area contributed by atoms with Gasteiger partial charge in [0, 0.05) is 24.5 Å². The van der Waals surface area contributed by atoms with Crippen molar-refractivity contribution in [2.75, 3.05) is 0 Å². The molecule has 0 unspecified atom stereocenters. The average molecular weight is 295 g/mol. The van der Waals surface area contributed by atoms with Crippen LogP contribution in [0.1, 0.15) is 27.7 Å². The van der Waals surface area contributed by atoms with Crippen molar-refractivity contribution in [3.05, 3.63) is 78.3 Å². The third-order valence-corrected chi connectivity index (χ3v) is 3.53. The first kappa shape index (κ1) is 14.1. The number of imidazole rings is 1. The second kappa shape index (κ2) is 6.30. The number of carbonyl (C=O) groups excluding carboxylic acids is 1. The molecule has 0 radical (unpaired) electrons. The Morgan fingerprint density at radius 1 is 1.32 bits per heavy atom. The Labute approximate surface area is 128 Å². The van der Waals surface area contributed by atoms with Crippen molar-refractivity contribution >= 4 is 5.91 Å². The van der Waals surface area contributed by atoms with E-state index in [1.54, 1.807) is 18.6 Å². The van der Waals surface area contributed by atoms with Crippen LogP contribution in [0.3, 0.4) is 0 Å².